The Bertz CT molecular complexity index is 1180. The molecule has 0 aliphatic carbocycles. The summed E-state index contributed by atoms with van der Waals surface area (Å²) < 4.78 is 12.8. The van der Waals surface area contributed by atoms with E-state index >= 15 is 0 Å². The first-order valence-corrected chi connectivity index (χ1v) is 12.1. The Kier molecular flexibility index (Phi) is 6.05. The van der Waals surface area contributed by atoms with Crippen molar-refractivity contribution in [3.05, 3.63) is 30.6 Å². The number of hydrogen-bond donors (Lipinski definition) is 0. The SMILES string of the molecule is O=C(N1CCOCC1)N1CCN(c2nc(N3CCOCC3)nc(-n3cnc4ccccc43)n2)CC1. The fourth-order valence-electron chi connectivity index (χ4n) is 4.67. The summed E-state index contributed by atoms with van der Waals surface area (Å²) in [5.41, 5.74) is 1.83. The predicted molar refractivity (Wildman–Crippen MR) is 129 cm³/mol. The number of morpholine rings is 2. The van der Waals surface area contributed by atoms with Gasteiger partial charge in [-0.2, -0.15) is 15.0 Å². The fraction of sp³-hybridized carbons (Fsp3) is 0.522. The van der Waals surface area contributed by atoms with E-state index in [0.29, 0.717) is 83.5 Å². The maximum Gasteiger partial charge on any atom is 0.320 e. The molecule has 3 aliphatic rings. The Morgan fingerprint density at radius 1 is 0.686 bits per heavy atom. The minimum Gasteiger partial charge on any atom is -0.378 e. The highest BCUT2D eigenvalue weighted by molar-refractivity contribution is 5.76. The first-order chi connectivity index (χ1) is 17.3. The standard InChI is InChI=1S/C23H29N9O3/c33-23(31-11-15-35-16-12-31)30-7-5-28(6-8-30)20-25-21(29-9-13-34-14-10-29)27-22(26-20)32-17-24-18-3-1-2-4-19(18)32/h1-4,17H,5-16H2. The molecule has 0 atom stereocenters. The lowest BCUT2D eigenvalue weighted by Crippen LogP contribution is -2.55. The Hall–Kier alpha value is -3.51. The van der Waals surface area contributed by atoms with Crippen molar-refractivity contribution in [3.63, 3.8) is 0 Å². The highest BCUT2D eigenvalue weighted by Gasteiger charge is 2.28. The summed E-state index contributed by atoms with van der Waals surface area (Å²) in [5.74, 6) is 1.79. The van der Waals surface area contributed by atoms with Gasteiger partial charge >= 0.3 is 6.03 Å². The molecule has 3 saturated heterocycles. The smallest absolute Gasteiger partial charge is 0.320 e. The van der Waals surface area contributed by atoms with E-state index in [0.717, 1.165) is 24.1 Å². The molecular formula is C23H29N9O3. The second-order valence-electron chi connectivity index (χ2n) is 8.79. The largest absolute Gasteiger partial charge is 0.378 e. The van der Waals surface area contributed by atoms with Crippen LogP contribution in [0.3, 0.4) is 0 Å². The average Bonchev–Trinajstić information content (AvgIpc) is 3.38. The van der Waals surface area contributed by atoms with Crippen LogP contribution in [0, 0.1) is 0 Å². The number of aromatic nitrogens is 5. The number of benzene rings is 1. The molecule has 3 aromatic rings. The van der Waals surface area contributed by atoms with Crippen LogP contribution in [0.5, 0.6) is 0 Å². The van der Waals surface area contributed by atoms with Crippen molar-refractivity contribution >= 4 is 29.0 Å². The maximum absolute atomic E-state index is 12.9. The molecule has 0 unspecified atom stereocenters. The highest BCUT2D eigenvalue weighted by atomic mass is 16.5. The van der Waals surface area contributed by atoms with Gasteiger partial charge in [0.1, 0.15) is 6.33 Å². The third-order valence-electron chi connectivity index (χ3n) is 6.68. The van der Waals surface area contributed by atoms with Crippen LogP contribution in [0.1, 0.15) is 0 Å². The lowest BCUT2D eigenvalue weighted by molar-refractivity contribution is 0.0428. The maximum atomic E-state index is 12.9. The molecule has 1 aromatic carbocycles. The second kappa shape index (κ2) is 9.62. The third kappa shape index (κ3) is 4.46. The summed E-state index contributed by atoms with van der Waals surface area (Å²) in [6, 6.07) is 8.02. The Labute approximate surface area is 203 Å². The molecule has 5 heterocycles. The van der Waals surface area contributed by atoms with Crippen LogP contribution in [-0.4, -0.2) is 119 Å². The number of anilines is 2. The van der Waals surface area contributed by atoms with Crippen molar-refractivity contribution in [1.82, 2.24) is 34.3 Å². The van der Waals surface area contributed by atoms with E-state index in [2.05, 4.69) is 14.8 Å². The molecule has 35 heavy (non-hydrogen) atoms. The minimum absolute atomic E-state index is 0.0863. The lowest BCUT2D eigenvalue weighted by atomic mass is 10.3. The van der Waals surface area contributed by atoms with E-state index in [-0.39, 0.29) is 6.03 Å². The van der Waals surface area contributed by atoms with Gasteiger partial charge < -0.3 is 29.1 Å². The molecular weight excluding hydrogens is 450 g/mol. The number of carbonyl (C=O) groups excluding carboxylic acids is 1. The van der Waals surface area contributed by atoms with E-state index < -0.39 is 0 Å². The summed E-state index contributed by atoms with van der Waals surface area (Å²) in [4.78, 5) is 40.0. The van der Waals surface area contributed by atoms with Crippen molar-refractivity contribution in [3.8, 4) is 5.95 Å². The van der Waals surface area contributed by atoms with E-state index in [4.69, 9.17) is 24.4 Å². The number of ether oxygens (including phenoxy) is 2. The van der Waals surface area contributed by atoms with Crippen LogP contribution in [0.25, 0.3) is 17.0 Å². The summed E-state index contributed by atoms with van der Waals surface area (Å²) in [5, 5.41) is 0. The summed E-state index contributed by atoms with van der Waals surface area (Å²) >= 11 is 0. The van der Waals surface area contributed by atoms with Crippen LogP contribution in [0.2, 0.25) is 0 Å². The van der Waals surface area contributed by atoms with Crippen LogP contribution in [-0.2, 0) is 9.47 Å². The van der Waals surface area contributed by atoms with Crippen molar-refractivity contribution in [2.24, 2.45) is 0 Å². The van der Waals surface area contributed by atoms with E-state index in [9.17, 15) is 4.79 Å². The number of nitrogens with zero attached hydrogens (tertiary/aromatic N) is 9. The van der Waals surface area contributed by atoms with Crippen molar-refractivity contribution in [1.29, 1.82) is 0 Å². The van der Waals surface area contributed by atoms with E-state index in [1.807, 2.05) is 38.6 Å². The number of amides is 2. The first kappa shape index (κ1) is 22.0. The lowest BCUT2D eigenvalue weighted by Gasteiger charge is -2.38. The normalized spacial score (nSPS) is 19.4. The minimum atomic E-state index is 0.0863. The topological polar surface area (TPSA) is 105 Å². The van der Waals surface area contributed by atoms with Gasteiger partial charge in [-0.3, -0.25) is 4.57 Å². The fourth-order valence-corrected chi connectivity index (χ4v) is 4.67. The number of imidazole rings is 1. The van der Waals surface area contributed by atoms with E-state index in [1.165, 1.54) is 0 Å². The van der Waals surface area contributed by atoms with Gasteiger partial charge in [-0.15, -0.1) is 0 Å². The zero-order valence-corrected chi connectivity index (χ0v) is 19.6. The summed E-state index contributed by atoms with van der Waals surface area (Å²) in [7, 11) is 0. The number of piperazine rings is 1. The molecule has 12 nitrogen and oxygen atoms in total. The van der Waals surface area contributed by atoms with Gasteiger partial charge in [0.2, 0.25) is 17.8 Å². The van der Waals surface area contributed by atoms with Gasteiger partial charge in [0, 0.05) is 52.4 Å². The van der Waals surface area contributed by atoms with Crippen molar-refractivity contribution in [2.45, 2.75) is 0 Å². The molecule has 0 saturated carbocycles. The highest BCUT2D eigenvalue weighted by Crippen LogP contribution is 2.22. The van der Waals surface area contributed by atoms with Crippen LogP contribution in [0.15, 0.2) is 30.6 Å². The molecule has 0 spiro atoms. The zero-order valence-electron chi connectivity index (χ0n) is 19.6. The zero-order chi connectivity index (χ0) is 23.6. The molecule has 184 valence electrons. The number of carbonyl (C=O) groups is 1. The summed E-state index contributed by atoms with van der Waals surface area (Å²) in [6.07, 6.45) is 1.76. The van der Waals surface area contributed by atoms with Gasteiger partial charge in [-0.25, -0.2) is 9.78 Å². The Morgan fingerprint density at radius 2 is 1.26 bits per heavy atom. The van der Waals surface area contributed by atoms with Gasteiger partial charge in [0.15, 0.2) is 0 Å². The predicted octanol–water partition coefficient (Wildman–Crippen LogP) is 0.621. The number of rotatable bonds is 3. The monoisotopic (exact) mass is 479 g/mol. The third-order valence-corrected chi connectivity index (χ3v) is 6.68. The second-order valence-corrected chi connectivity index (χ2v) is 8.79. The molecule has 2 aromatic heterocycles. The quantitative estimate of drug-likeness (QED) is 0.535. The molecule has 2 amide bonds. The van der Waals surface area contributed by atoms with Gasteiger partial charge in [-0.05, 0) is 12.1 Å². The molecule has 0 N–H and O–H groups in total. The molecule has 0 radical (unpaired) electrons. The van der Waals surface area contributed by atoms with Crippen LogP contribution >= 0.6 is 0 Å². The number of para-hydroxylation sites is 2. The Balaban J connectivity index is 1.26. The molecule has 0 bridgehead atoms. The Morgan fingerprint density at radius 3 is 1.97 bits per heavy atom. The number of fused-ring (bicyclic) bond motifs is 1. The van der Waals surface area contributed by atoms with Gasteiger partial charge in [0.25, 0.3) is 0 Å². The first-order valence-electron chi connectivity index (χ1n) is 12.1. The molecule has 6 rings (SSSR count). The van der Waals surface area contributed by atoms with Gasteiger partial charge in [0.05, 0.1) is 37.5 Å². The molecule has 3 fully saturated rings. The van der Waals surface area contributed by atoms with Crippen molar-refractivity contribution in [2.75, 3.05) is 88.6 Å². The van der Waals surface area contributed by atoms with Gasteiger partial charge in [-0.1, -0.05) is 12.1 Å². The molecule has 3 aliphatic heterocycles. The molecule has 12 heteroatoms. The average molecular weight is 480 g/mol. The van der Waals surface area contributed by atoms with Crippen LogP contribution in [0.4, 0.5) is 16.7 Å². The van der Waals surface area contributed by atoms with Crippen molar-refractivity contribution < 1.29 is 14.3 Å². The number of urea groups is 1. The van der Waals surface area contributed by atoms with E-state index in [1.54, 1.807) is 6.33 Å². The number of hydrogen-bond acceptors (Lipinski definition) is 9. The van der Waals surface area contributed by atoms with Crippen LogP contribution < -0.4 is 9.80 Å². The summed E-state index contributed by atoms with van der Waals surface area (Å²) in [6.45, 7) is 7.83.